The molecule has 0 spiro atoms. The first kappa shape index (κ1) is 7.05. The lowest BCUT2D eigenvalue weighted by atomic mass is 9.55. The minimum atomic E-state index is 0.672. The lowest BCUT2D eigenvalue weighted by molar-refractivity contribution is 0.317. The van der Waals surface area contributed by atoms with Crippen LogP contribution in [0.5, 0.6) is 0 Å². The molecule has 0 radical (unpaired) electrons. The van der Waals surface area contributed by atoms with Crippen LogP contribution in [0.2, 0.25) is 0 Å². The average molecular weight is 180 g/mol. The summed E-state index contributed by atoms with van der Waals surface area (Å²) in [4.78, 5) is 0. The first-order valence-electron chi connectivity index (χ1n) is 5.40. The van der Waals surface area contributed by atoms with E-state index in [0.717, 1.165) is 11.8 Å². The standard InChI is InChI=1S/C14H12/c1-2-4-10-9(3-1)11-5-6-12(10)14-8-7-13(11)14/h1-8,11-14H/t11-,12+,13-,14-/m1/s1. The van der Waals surface area contributed by atoms with Crippen molar-refractivity contribution in [3.8, 4) is 0 Å². The minimum Gasteiger partial charge on any atom is -0.0835 e. The summed E-state index contributed by atoms with van der Waals surface area (Å²) in [5.41, 5.74) is 3.15. The monoisotopic (exact) mass is 180 g/mol. The zero-order valence-corrected chi connectivity index (χ0v) is 7.93. The second-order valence-corrected chi connectivity index (χ2v) is 4.60. The maximum atomic E-state index is 2.41. The van der Waals surface area contributed by atoms with Gasteiger partial charge in [0.1, 0.15) is 0 Å². The van der Waals surface area contributed by atoms with Crippen LogP contribution in [0.3, 0.4) is 0 Å². The number of rotatable bonds is 0. The van der Waals surface area contributed by atoms with E-state index in [1.54, 1.807) is 11.1 Å². The molecule has 1 aromatic carbocycles. The highest BCUT2D eigenvalue weighted by atomic mass is 14.5. The van der Waals surface area contributed by atoms with E-state index in [1.807, 2.05) is 0 Å². The molecule has 4 aliphatic rings. The summed E-state index contributed by atoms with van der Waals surface area (Å²) >= 11 is 0. The molecule has 0 nitrogen and oxygen atoms in total. The van der Waals surface area contributed by atoms with E-state index in [-0.39, 0.29) is 0 Å². The largest absolute Gasteiger partial charge is 0.0835 e. The smallest absolute Gasteiger partial charge is 0.00899 e. The van der Waals surface area contributed by atoms with Crippen molar-refractivity contribution in [1.82, 2.24) is 0 Å². The predicted molar refractivity (Wildman–Crippen MR) is 57.2 cm³/mol. The Morgan fingerprint density at radius 1 is 0.643 bits per heavy atom. The molecular formula is C14H12. The first-order chi connectivity index (χ1) is 6.95. The average Bonchev–Trinajstić information content (AvgIpc) is 2.19. The van der Waals surface area contributed by atoms with Crippen LogP contribution >= 0.6 is 0 Å². The molecule has 68 valence electrons. The Kier molecular flexibility index (Phi) is 1.11. The molecule has 0 amide bonds. The summed E-state index contributed by atoms with van der Waals surface area (Å²) < 4.78 is 0. The topological polar surface area (TPSA) is 0 Å². The maximum absolute atomic E-state index is 2.41. The number of hydrogen-bond donors (Lipinski definition) is 0. The SMILES string of the molecule is C1=C[C@H]2[C@H]1[C@@H]1C=C[C@H]2c2ccccc21. The molecule has 0 unspecified atom stereocenters. The van der Waals surface area contributed by atoms with E-state index in [4.69, 9.17) is 0 Å². The third-order valence-electron chi connectivity index (χ3n) is 4.07. The van der Waals surface area contributed by atoms with Gasteiger partial charge in [-0.3, -0.25) is 0 Å². The summed E-state index contributed by atoms with van der Waals surface area (Å²) in [7, 11) is 0. The Morgan fingerprint density at radius 3 is 1.57 bits per heavy atom. The van der Waals surface area contributed by atoms with Crippen LogP contribution in [-0.2, 0) is 0 Å². The fraction of sp³-hybridized carbons (Fsp3) is 0.286. The molecular weight excluding hydrogens is 168 g/mol. The highest BCUT2D eigenvalue weighted by Crippen LogP contribution is 2.56. The quantitative estimate of drug-likeness (QED) is 0.538. The first-order valence-corrected chi connectivity index (χ1v) is 5.40. The van der Waals surface area contributed by atoms with Crippen molar-refractivity contribution in [2.45, 2.75) is 11.8 Å². The van der Waals surface area contributed by atoms with Crippen molar-refractivity contribution in [3.05, 3.63) is 59.7 Å². The molecule has 0 N–H and O–H groups in total. The molecule has 0 heterocycles. The lowest BCUT2D eigenvalue weighted by Gasteiger charge is -2.48. The van der Waals surface area contributed by atoms with E-state index < -0.39 is 0 Å². The Labute approximate surface area is 84.0 Å². The lowest BCUT2D eigenvalue weighted by Crippen LogP contribution is -2.37. The van der Waals surface area contributed by atoms with Crippen LogP contribution in [0.15, 0.2) is 48.6 Å². The van der Waals surface area contributed by atoms with Gasteiger partial charge in [-0.2, -0.15) is 0 Å². The van der Waals surface area contributed by atoms with Crippen molar-refractivity contribution < 1.29 is 0 Å². The summed E-state index contributed by atoms with van der Waals surface area (Å²) in [5.74, 6) is 2.96. The molecule has 0 fully saturated rings. The minimum absolute atomic E-state index is 0.672. The molecule has 0 aliphatic heterocycles. The Bertz CT molecular complexity index is 412. The molecule has 4 atom stereocenters. The predicted octanol–water partition coefficient (Wildman–Crippen LogP) is 3.24. The second-order valence-electron chi connectivity index (χ2n) is 4.60. The van der Waals surface area contributed by atoms with Gasteiger partial charge in [-0.1, -0.05) is 48.6 Å². The summed E-state index contributed by atoms with van der Waals surface area (Å²) in [6.45, 7) is 0. The molecule has 0 saturated heterocycles. The zero-order chi connectivity index (χ0) is 9.12. The van der Waals surface area contributed by atoms with E-state index in [0.29, 0.717) is 11.8 Å². The summed E-state index contributed by atoms with van der Waals surface area (Å²) in [5, 5.41) is 0. The van der Waals surface area contributed by atoms with Crippen LogP contribution in [0.1, 0.15) is 23.0 Å². The van der Waals surface area contributed by atoms with Gasteiger partial charge in [0.05, 0.1) is 0 Å². The van der Waals surface area contributed by atoms with Gasteiger partial charge >= 0.3 is 0 Å². The molecule has 4 aliphatic carbocycles. The van der Waals surface area contributed by atoms with Crippen molar-refractivity contribution in [2.24, 2.45) is 11.8 Å². The van der Waals surface area contributed by atoms with Gasteiger partial charge in [-0.05, 0) is 23.0 Å². The molecule has 14 heavy (non-hydrogen) atoms. The van der Waals surface area contributed by atoms with Gasteiger partial charge < -0.3 is 0 Å². The summed E-state index contributed by atoms with van der Waals surface area (Å²) in [6.07, 6.45) is 9.61. The molecule has 0 aromatic heterocycles. The summed E-state index contributed by atoms with van der Waals surface area (Å²) in [6, 6.07) is 8.95. The van der Waals surface area contributed by atoms with Crippen LogP contribution in [-0.4, -0.2) is 0 Å². The van der Waals surface area contributed by atoms with Gasteiger partial charge in [-0.15, -0.1) is 0 Å². The molecule has 0 heteroatoms. The van der Waals surface area contributed by atoms with Crippen LogP contribution < -0.4 is 0 Å². The van der Waals surface area contributed by atoms with Gasteiger partial charge in [-0.25, -0.2) is 0 Å². The maximum Gasteiger partial charge on any atom is 0.00899 e. The second kappa shape index (κ2) is 2.20. The van der Waals surface area contributed by atoms with E-state index >= 15 is 0 Å². The van der Waals surface area contributed by atoms with Gasteiger partial charge in [0, 0.05) is 11.8 Å². The highest BCUT2D eigenvalue weighted by Gasteiger charge is 2.44. The van der Waals surface area contributed by atoms with E-state index in [9.17, 15) is 0 Å². The number of hydrogen-bond acceptors (Lipinski definition) is 0. The molecule has 0 saturated carbocycles. The van der Waals surface area contributed by atoms with Gasteiger partial charge in [0.2, 0.25) is 0 Å². The molecule has 2 bridgehead atoms. The zero-order valence-electron chi connectivity index (χ0n) is 7.93. The number of allylic oxidation sites excluding steroid dienone is 4. The van der Waals surface area contributed by atoms with E-state index in [1.165, 1.54) is 0 Å². The van der Waals surface area contributed by atoms with Crippen molar-refractivity contribution >= 4 is 0 Å². The molecule has 1 aromatic rings. The Hall–Kier alpha value is -1.30. The van der Waals surface area contributed by atoms with Crippen molar-refractivity contribution in [2.75, 3.05) is 0 Å². The molecule has 5 rings (SSSR count). The van der Waals surface area contributed by atoms with Crippen molar-refractivity contribution in [3.63, 3.8) is 0 Å². The van der Waals surface area contributed by atoms with Crippen molar-refractivity contribution in [1.29, 1.82) is 0 Å². The van der Waals surface area contributed by atoms with Crippen LogP contribution in [0.4, 0.5) is 0 Å². The highest BCUT2D eigenvalue weighted by molar-refractivity contribution is 5.50. The van der Waals surface area contributed by atoms with Crippen LogP contribution in [0.25, 0.3) is 0 Å². The van der Waals surface area contributed by atoms with Crippen LogP contribution in [0, 0.1) is 11.8 Å². The van der Waals surface area contributed by atoms with Gasteiger partial charge in [0.25, 0.3) is 0 Å². The van der Waals surface area contributed by atoms with Gasteiger partial charge in [0.15, 0.2) is 0 Å². The Balaban J connectivity index is 2.00. The third kappa shape index (κ3) is 0.639. The normalized spacial score (nSPS) is 40.3. The fourth-order valence-electron chi connectivity index (χ4n) is 3.32. The van der Waals surface area contributed by atoms with E-state index in [2.05, 4.69) is 48.6 Å². The Morgan fingerprint density at radius 2 is 1.14 bits per heavy atom. The number of benzene rings is 1. The third-order valence-corrected chi connectivity index (χ3v) is 4.07. The fourth-order valence-corrected chi connectivity index (χ4v) is 3.32.